The molecular weight excluding hydrogens is 274 g/mol. The Labute approximate surface area is 109 Å². The summed E-state index contributed by atoms with van der Waals surface area (Å²) in [7, 11) is -3.82. The largest absolute Gasteiger partial charge is 0.502 e. The fourth-order valence-corrected chi connectivity index (χ4v) is 3.15. The molecule has 0 aliphatic carbocycles. The molecule has 1 aliphatic heterocycles. The fourth-order valence-electron chi connectivity index (χ4n) is 1.86. The van der Waals surface area contributed by atoms with Crippen LogP contribution in [0.15, 0.2) is 23.1 Å². The molecule has 3 N–H and O–H groups in total. The summed E-state index contributed by atoms with van der Waals surface area (Å²) in [6.45, 7) is 1.25. The van der Waals surface area contributed by atoms with Crippen molar-refractivity contribution >= 4 is 15.7 Å². The number of nitrogens with zero attached hydrogens (tertiary/aromatic N) is 1. The Morgan fingerprint density at radius 1 is 1.47 bits per heavy atom. The van der Waals surface area contributed by atoms with Gasteiger partial charge in [0.05, 0.1) is 9.82 Å². The van der Waals surface area contributed by atoms with Gasteiger partial charge in [0, 0.05) is 18.7 Å². The number of rotatable bonds is 4. The van der Waals surface area contributed by atoms with E-state index in [9.17, 15) is 23.6 Å². The minimum absolute atomic E-state index is 0.224. The number of nitro benzene ring substituents is 1. The number of sulfonamides is 1. The predicted molar refractivity (Wildman–Crippen MR) is 66.4 cm³/mol. The lowest BCUT2D eigenvalue weighted by Gasteiger charge is -2.11. The number of benzene rings is 1. The maximum Gasteiger partial charge on any atom is 0.312 e. The van der Waals surface area contributed by atoms with Gasteiger partial charge < -0.3 is 10.4 Å². The van der Waals surface area contributed by atoms with Crippen LogP contribution in [-0.2, 0) is 10.0 Å². The van der Waals surface area contributed by atoms with Gasteiger partial charge in [-0.05, 0) is 25.1 Å². The van der Waals surface area contributed by atoms with E-state index in [0.29, 0.717) is 13.0 Å². The highest BCUT2D eigenvalue weighted by molar-refractivity contribution is 7.89. The Morgan fingerprint density at radius 3 is 2.79 bits per heavy atom. The quantitative estimate of drug-likeness (QED) is 0.527. The van der Waals surface area contributed by atoms with Gasteiger partial charge in [-0.2, -0.15) is 0 Å². The van der Waals surface area contributed by atoms with Crippen LogP contribution in [0.2, 0.25) is 0 Å². The number of aromatic hydroxyl groups is 1. The lowest BCUT2D eigenvalue weighted by molar-refractivity contribution is -0.386. The molecule has 1 aliphatic rings. The van der Waals surface area contributed by atoms with Crippen molar-refractivity contribution in [3.63, 3.8) is 0 Å². The van der Waals surface area contributed by atoms with E-state index in [-0.39, 0.29) is 10.9 Å². The molecule has 2 rings (SSSR count). The van der Waals surface area contributed by atoms with Gasteiger partial charge in [0.2, 0.25) is 10.0 Å². The highest BCUT2D eigenvalue weighted by Crippen LogP contribution is 2.28. The van der Waals surface area contributed by atoms with Gasteiger partial charge in [0.1, 0.15) is 0 Å². The third-order valence-electron chi connectivity index (χ3n) is 2.84. The molecule has 1 aromatic rings. The second-order valence-electron chi connectivity index (χ2n) is 4.22. The average molecular weight is 287 g/mol. The van der Waals surface area contributed by atoms with Gasteiger partial charge in [-0.25, -0.2) is 13.1 Å². The molecule has 8 nitrogen and oxygen atoms in total. The Morgan fingerprint density at radius 2 is 2.21 bits per heavy atom. The summed E-state index contributed by atoms with van der Waals surface area (Å²) in [5.41, 5.74) is -0.632. The zero-order valence-electron chi connectivity index (χ0n) is 9.87. The van der Waals surface area contributed by atoms with Crippen LogP contribution >= 0.6 is 0 Å². The SMILES string of the molecule is O=[N+]([O-])c1cc(S(=O)(=O)NC2CCNC2)ccc1O. The van der Waals surface area contributed by atoms with Crippen LogP contribution in [0.3, 0.4) is 0 Å². The molecule has 1 atom stereocenters. The van der Waals surface area contributed by atoms with Crippen molar-refractivity contribution in [2.24, 2.45) is 0 Å². The fraction of sp³-hybridized carbons (Fsp3) is 0.400. The molecule has 19 heavy (non-hydrogen) atoms. The number of nitro groups is 1. The molecule has 1 aromatic carbocycles. The zero-order chi connectivity index (χ0) is 14.0. The van der Waals surface area contributed by atoms with E-state index in [1.165, 1.54) is 0 Å². The van der Waals surface area contributed by atoms with E-state index in [0.717, 1.165) is 24.7 Å². The molecule has 0 amide bonds. The van der Waals surface area contributed by atoms with Crippen molar-refractivity contribution in [3.8, 4) is 5.75 Å². The van der Waals surface area contributed by atoms with E-state index in [4.69, 9.17) is 0 Å². The first-order valence-corrected chi connectivity index (χ1v) is 7.09. The van der Waals surface area contributed by atoms with Crippen molar-refractivity contribution in [2.75, 3.05) is 13.1 Å². The van der Waals surface area contributed by atoms with Crippen LogP contribution in [0.25, 0.3) is 0 Å². The van der Waals surface area contributed by atoms with Gasteiger partial charge in [-0.15, -0.1) is 0 Å². The number of nitrogens with one attached hydrogen (secondary N) is 2. The highest BCUT2D eigenvalue weighted by Gasteiger charge is 2.25. The first kappa shape index (κ1) is 13.7. The van der Waals surface area contributed by atoms with Gasteiger partial charge in [0.25, 0.3) is 0 Å². The summed E-state index contributed by atoms with van der Waals surface area (Å²) < 4.78 is 26.5. The van der Waals surface area contributed by atoms with Gasteiger partial charge >= 0.3 is 5.69 Å². The van der Waals surface area contributed by atoms with Crippen molar-refractivity contribution in [2.45, 2.75) is 17.4 Å². The smallest absolute Gasteiger partial charge is 0.312 e. The monoisotopic (exact) mass is 287 g/mol. The predicted octanol–water partition coefficient (Wildman–Crippen LogP) is -0.0594. The molecular formula is C10H13N3O5S. The third-order valence-corrected chi connectivity index (χ3v) is 4.35. The second kappa shape index (κ2) is 5.11. The molecule has 0 saturated carbocycles. The molecule has 0 spiro atoms. The second-order valence-corrected chi connectivity index (χ2v) is 5.93. The maximum absolute atomic E-state index is 12.0. The first-order valence-electron chi connectivity index (χ1n) is 5.60. The maximum atomic E-state index is 12.0. The number of phenolic OH excluding ortho intramolecular Hbond substituents is 1. The van der Waals surface area contributed by atoms with Crippen molar-refractivity contribution in [3.05, 3.63) is 28.3 Å². The zero-order valence-corrected chi connectivity index (χ0v) is 10.7. The van der Waals surface area contributed by atoms with Crippen molar-refractivity contribution < 1.29 is 18.4 Å². The van der Waals surface area contributed by atoms with E-state index in [1.807, 2.05) is 0 Å². The molecule has 1 unspecified atom stereocenters. The molecule has 0 bridgehead atoms. The molecule has 1 heterocycles. The normalized spacial score (nSPS) is 19.5. The minimum atomic E-state index is -3.82. The summed E-state index contributed by atoms with van der Waals surface area (Å²) in [5, 5.41) is 23.0. The number of hydrogen-bond donors (Lipinski definition) is 3. The van der Waals surface area contributed by atoms with E-state index < -0.39 is 26.4 Å². The third kappa shape index (κ3) is 3.00. The van der Waals surface area contributed by atoms with Gasteiger partial charge in [-0.3, -0.25) is 10.1 Å². The van der Waals surface area contributed by atoms with Gasteiger partial charge in [-0.1, -0.05) is 0 Å². The molecule has 1 saturated heterocycles. The molecule has 9 heteroatoms. The Bertz CT molecular complexity index is 595. The van der Waals surface area contributed by atoms with Crippen molar-refractivity contribution in [1.29, 1.82) is 0 Å². The van der Waals surface area contributed by atoms with Crippen LogP contribution < -0.4 is 10.0 Å². The summed E-state index contributed by atoms with van der Waals surface area (Å²) in [6, 6.07) is 2.75. The highest BCUT2D eigenvalue weighted by atomic mass is 32.2. The number of phenols is 1. The van der Waals surface area contributed by atoms with Crippen LogP contribution in [0.1, 0.15) is 6.42 Å². The van der Waals surface area contributed by atoms with Crippen LogP contribution in [0.4, 0.5) is 5.69 Å². The lowest BCUT2D eigenvalue weighted by atomic mass is 10.3. The first-order chi connectivity index (χ1) is 8.90. The van der Waals surface area contributed by atoms with E-state index in [2.05, 4.69) is 10.0 Å². The topological polar surface area (TPSA) is 122 Å². The molecule has 0 radical (unpaired) electrons. The van der Waals surface area contributed by atoms with Crippen molar-refractivity contribution in [1.82, 2.24) is 10.0 Å². The standard InChI is InChI=1S/C10H13N3O5S/c14-10-2-1-8(5-9(10)13(15)16)19(17,18)12-7-3-4-11-6-7/h1-2,5,7,11-12,14H,3-4,6H2. The summed E-state index contributed by atoms with van der Waals surface area (Å²) in [4.78, 5) is 9.61. The molecule has 0 aromatic heterocycles. The average Bonchev–Trinajstić information content (AvgIpc) is 2.80. The Balaban J connectivity index is 2.29. The lowest BCUT2D eigenvalue weighted by Crippen LogP contribution is -2.36. The summed E-state index contributed by atoms with van der Waals surface area (Å²) in [6.07, 6.45) is 0.666. The van der Waals surface area contributed by atoms with Gasteiger partial charge in [0.15, 0.2) is 5.75 Å². The Hall–Kier alpha value is -1.71. The van der Waals surface area contributed by atoms with E-state index >= 15 is 0 Å². The molecule has 104 valence electrons. The summed E-state index contributed by atoms with van der Waals surface area (Å²) >= 11 is 0. The van der Waals surface area contributed by atoms with Crippen LogP contribution in [0.5, 0.6) is 5.75 Å². The summed E-state index contributed by atoms with van der Waals surface area (Å²) in [5.74, 6) is -0.563. The molecule has 1 fully saturated rings. The number of hydrogen-bond acceptors (Lipinski definition) is 6. The minimum Gasteiger partial charge on any atom is -0.502 e. The van der Waals surface area contributed by atoms with E-state index in [1.54, 1.807) is 0 Å². The Kier molecular flexibility index (Phi) is 3.69. The van der Waals surface area contributed by atoms with Crippen LogP contribution in [-0.4, -0.2) is 37.6 Å². The van der Waals surface area contributed by atoms with Crippen LogP contribution in [0, 0.1) is 10.1 Å².